The Morgan fingerprint density at radius 2 is 1.72 bits per heavy atom. The normalized spacial score (nSPS) is 17.2. The number of carbonyl (C=O) groups is 4. The molecular weight excluding hydrogens is 597 g/mol. The van der Waals surface area contributed by atoms with Gasteiger partial charge in [-0.1, -0.05) is 88.4 Å². The molecule has 1 fully saturated rings. The van der Waals surface area contributed by atoms with Crippen molar-refractivity contribution in [2.24, 2.45) is 5.11 Å². The van der Waals surface area contributed by atoms with Gasteiger partial charge in [-0.15, -0.1) is 0 Å². The number of β-lactam (4-membered cyclic amide) rings is 1. The van der Waals surface area contributed by atoms with Crippen molar-refractivity contribution in [2.75, 3.05) is 13.2 Å². The first-order chi connectivity index (χ1) is 18.6. The summed E-state index contributed by atoms with van der Waals surface area (Å²) in [4.78, 5) is 54.2. The van der Waals surface area contributed by atoms with Crippen LogP contribution in [0.3, 0.4) is 0 Å². The summed E-state index contributed by atoms with van der Waals surface area (Å²) in [6.07, 6.45) is -1.78. The van der Waals surface area contributed by atoms with Gasteiger partial charge in [-0.3, -0.25) is 9.59 Å². The summed E-state index contributed by atoms with van der Waals surface area (Å²) in [6, 6.07) is 15.8. The zero-order valence-electron chi connectivity index (χ0n) is 19.8. The number of hydrogen-bond donors (Lipinski definition) is 1. The number of halogens is 3. The van der Waals surface area contributed by atoms with Crippen molar-refractivity contribution in [1.29, 1.82) is 0 Å². The number of para-hydroxylation sites is 1. The second-order valence-electron chi connectivity index (χ2n) is 7.73. The molecule has 3 atom stereocenters. The first-order valence-corrected chi connectivity index (χ1v) is 13.0. The molecule has 2 aromatic carbocycles. The summed E-state index contributed by atoms with van der Waals surface area (Å²) in [7, 11) is 0. The number of thioether (sulfide) groups is 1. The lowest BCUT2D eigenvalue weighted by molar-refractivity contribution is -0.165. The molecule has 0 radical (unpaired) electrons. The van der Waals surface area contributed by atoms with Crippen molar-refractivity contribution in [2.45, 2.75) is 28.0 Å². The fourth-order valence-electron chi connectivity index (χ4n) is 3.23. The lowest BCUT2D eigenvalue weighted by atomic mass is 10.1. The standard InChI is InChI=1S/C23H20Cl3N5O7S/c24-23(25,26)13-38-22(35)39-20-17(28-16(32)12-36-15-9-5-2-6-10-15)19(33)31(20)18(29-30-27)21(34)37-11-14-7-3-1-4-8-14/h1-10,17-18,20H,11-13H2,(H,28,32). The van der Waals surface area contributed by atoms with E-state index in [0.29, 0.717) is 23.1 Å². The molecule has 3 unspecified atom stereocenters. The number of alkyl halides is 3. The third-order valence-corrected chi connectivity index (χ3v) is 6.32. The Balaban J connectivity index is 1.72. The SMILES string of the molecule is [N-]=[N+]=NC(C(=O)OCc1ccccc1)N1C(=O)C(NC(=O)COc2ccccc2)C1SC(=O)OCC(Cl)(Cl)Cl. The van der Waals surface area contributed by atoms with Crippen molar-refractivity contribution >= 4 is 69.6 Å². The molecule has 0 aliphatic carbocycles. The Hall–Kier alpha value is -3.35. The maximum Gasteiger partial charge on any atom is 0.369 e. The molecule has 1 aliphatic heterocycles. The van der Waals surface area contributed by atoms with Crippen LogP contribution in [0.25, 0.3) is 10.4 Å². The molecule has 2 amide bonds. The van der Waals surface area contributed by atoms with E-state index in [2.05, 4.69) is 15.3 Å². The van der Waals surface area contributed by atoms with Gasteiger partial charge in [-0.2, -0.15) is 0 Å². The van der Waals surface area contributed by atoms with Crippen LogP contribution in [0, 0.1) is 0 Å². The Kier molecular flexibility index (Phi) is 11.0. The topological polar surface area (TPSA) is 160 Å². The summed E-state index contributed by atoms with van der Waals surface area (Å²) < 4.78 is 13.6. The van der Waals surface area contributed by atoms with Crippen LogP contribution in [0.4, 0.5) is 4.79 Å². The molecule has 0 spiro atoms. The quantitative estimate of drug-likeness (QED) is 0.0974. The first-order valence-electron chi connectivity index (χ1n) is 11.0. The average molecular weight is 617 g/mol. The lowest BCUT2D eigenvalue weighted by Crippen LogP contribution is -2.73. The predicted octanol–water partition coefficient (Wildman–Crippen LogP) is 4.34. The maximum absolute atomic E-state index is 13.0. The van der Waals surface area contributed by atoms with Crippen LogP contribution < -0.4 is 10.1 Å². The van der Waals surface area contributed by atoms with E-state index in [0.717, 1.165) is 4.90 Å². The summed E-state index contributed by atoms with van der Waals surface area (Å²) in [6.45, 7) is -1.22. The zero-order valence-corrected chi connectivity index (χ0v) is 22.9. The van der Waals surface area contributed by atoms with Crippen LogP contribution in [0.1, 0.15) is 5.56 Å². The van der Waals surface area contributed by atoms with Crippen molar-refractivity contribution in [3.63, 3.8) is 0 Å². The van der Waals surface area contributed by atoms with E-state index in [1.165, 1.54) is 0 Å². The monoisotopic (exact) mass is 615 g/mol. The number of amides is 2. The van der Waals surface area contributed by atoms with Gasteiger partial charge >= 0.3 is 11.3 Å². The Bertz CT molecular complexity index is 1230. The van der Waals surface area contributed by atoms with Gasteiger partial charge in [0.1, 0.15) is 30.4 Å². The number of azide groups is 1. The molecule has 1 N–H and O–H groups in total. The predicted molar refractivity (Wildman–Crippen MR) is 143 cm³/mol. The van der Waals surface area contributed by atoms with Crippen molar-refractivity contribution in [3.8, 4) is 5.75 Å². The molecule has 1 saturated heterocycles. The fourth-order valence-corrected chi connectivity index (χ4v) is 4.37. The molecule has 0 bridgehead atoms. The number of nitrogens with one attached hydrogen (secondary N) is 1. The van der Waals surface area contributed by atoms with Gasteiger partial charge in [0.15, 0.2) is 6.61 Å². The second kappa shape index (κ2) is 14.2. The smallest absolute Gasteiger partial charge is 0.369 e. The highest BCUT2D eigenvalue weighted by atomic mass is 35.6. The first kappa shape index (κ1) is 30.2. The van der Waals surface area contributed by atoms with E-state index in [9.17, 15) is 19.2 Å². The molecule has 16 heteroatoms. The number of nitrogens with zero attached hydrogens (tertiary/aromatic N) is 4. The number of esters is 1. The molecule has 1 heterocycles. The highest BCUT2D eigenvalue weighted by Crippen LogP contribution is 2.35. The van der Waals surface area contributed by atoms with Crippen molar-refractivity contribution in [1.82, 2.24) is 10.2 Å². The van der Waals surface area contributed by atoms with Gasteiger partial charge in [0.2, 0.25) is 15.9 Å². The number of rotatable bonds is 11. The summed E-state index contributed by atoms with van der Waals surface area (Å²) in [5.41, 5.74) is 9.68. The molecule has 2 aromatic rings. The van der Waals surface area contributed by atoms with E-state index in [1.807, 2.05) is 0 Å². The average Bonchev–Trinajstić information content (AvgIpc) is 2.92. The number of ether oxygens (including phenoxy) is 3. The van der Waals surface area contributed by atoms with Crippen LogP contribution in [-0.2, 0) is 30.5 Å². The van der Waals surface area contributed by atoms with E-state index in [-0.39, 0.29) is 6.61 Å². The van der Waals surface area contributed by atoms with Crippen LogP contribution in [0.5, 0.6) is 5.75 Å². The summed E-state index contributed by atoms with van der Waals surface area (Å²) in [5.74, 6) is -2.14. The van der Waals surface area contributed by atoms with E-state index < -0.39 is 57.7 Å². The van der Waals surface area contributed by atoms with Crippen molar-refractivity contribution in [3.05, 3.63) is 76.7 Å². The molecule has 0 saturated carbocycles. The molecule has 206 valence electrons. The van der Waals surface area contributed by atoms with Gasteiger partial charge < -0.3 is 24.4 Å². The molecular formula is C23H20Cl3N5O7S. The molecule has 1 aliphatic rings. The van der Waals surface area contributed by atoms with Crippen LogP contribution in [0.15, 0.2) is 65.8 Å². The van der Waals surface area contributed by atoms with E-state index in [4.69, 9.17) is 54.5 Å². The molecule has 3 rings (SSSR count). The Labute approximate surface area is 241 Å². The summed E-state index contributed by atoms with van der Waals surface area (Å²) >= 11 is 17.2. The van der Waals surface area contributed by atoms with Crippen LogP contribution >= 0.6 is 46.6 Å². The lowest BCUT2D eigenvalue weighted by Gasteiger charge is -2.47. The number of benzene rings is 2. The fraction of sp³-hybridized carbons (Fsp3) is 0.304. The number of carbonyl (C=O) groups excluding carboxylic acids is 4. The molecule has 0 aromatic heterocycles. The minimum absolute atomic E-state index is 0.167. The van der Waals surface area contributed by atoms with Crippen LogP contribution in [-0.4, -0.2) is 62.6 Å². The van der Waals surface area contributed by atoms with E-state index >= 15 is 0 Å². The van der Waals surface area contributed by atoms with E-state index in [1.54, 1.807) is 60.7 Å². The van der Waals surface area contributed by atoms with Gasteiger partial charge in [-0.05, 0) is 35.0 Å². The largest absolute Gasteiger partial charge is 0.484 e. The third kappa shape index (κ3) is 9.12. The number of likely N-dealkylation sites (tertiary alicyclic amines) is 1. The molecule has 12 nitrogen and oxygen atoms in total. The maximum atomic E-state index is 13.0. The second-order valence-corrected chi connectivity index (χ2v) is 11.3. The Morgan fingerprint density at radius 1 is 1.08 bits per heavy atom. The highest BCUT2D eigenvalue weighted by molar-refractivity contribution is 8.13. The van der Waals surface area contributed by atoms with Gasteiger partial charge in [0.05, 0.1) is 0 Å². The van der Waals surface area contributed by atoms with Gasteiger partial charge in [0, 0.05) is 4.91 Å². The van der Waals surface area contributed by atoms with Gasteiger partial charge in [-0.25, -0.2) is 9.59 Å². The van der Waals surface area contributed by atoms with Gasteiger partial charge in [0.25, 0.3) is 5.91 Å². The third-order valence-electron chi connectivity index (χ3n) is 4.94. The highest BCUT2D eigenvalue weighted by Gasteiger charge is 2.55. The summed E-state index contributed by atoms with van der Waals surface area (Å²) in [5, 5.41) is 3.60. The van der Waals surface area contributed by atoms with Crippen molar-refractivity contribution < 1.29 is 33.4 Å². The van der Waals surface area contributed by atoms with Crippen LogP contribution in [0.2, 0.25) is 0 Å². The zero-order chi connectivity index (χ0) is 28.4. The Morgan fingerprint density at radius 3 is 2.33 bits per heavy atom. The number of hydrogen-bond acceptors (Lipinski definition) is 9. The molecule has 39 heavy (non-hydrogen) atoms. The minimum Gasteiger partial charge on any atom is -0.484 e. The minimum atomic E-state index is -1.90.